The molecule has 0 aliphatic carbocycles. The summed E-state index contributed by atoms with van der Waals surface area (Å²) in [5.41, 5.74) is 0. The molecule has 0 amide bonds. The number of ether oxygens (including phenoxy) is 4. The van der Waals surface area contributed by atoms with Crippen molar-refractivity contribution in [2.24, 2.45) is 0 Å². The average Bonchev–Trinajstić information content (AvgIpc) is 3.19. The zero-order valence-electron chi connectivity index (χ0n) is 36.7. The van der Waals surface area contributed by atoms with Crippen molar-refractivity contribution in [3.63, 3.8) is 0 Å². The Labute approximate surface area is 353 Å². The molecule has 0 aromatic carbocycles. The third-order valence-corrected chi connectivity index (χ3v) is 11.9. The normalized spacial score (nSPS) is 19.8. The number of aliphatic hydroxyl groups is 3. The third kappa shape index (κ3) is 30.6. The van der Waals surface area contributed by atoms with Crippen LogP contribution in [0.5, 0.6) is 0 Å². The van der Waals surface area contributed by atoms with Crippen molar-refractivity contribution in [2.45, 2.75) is 256 Å². The highest BCUT2D eigenvalue weighted by Crippen LogP contribution is 2.25. The first-order valence-corrected chi connectivity index (χ1v) is 25.2. The second-order valence-electron chi connectivity index (χ2n) is 16.8. The van der Waals surface area contributed by atoms with E-state index in [0.717, 1.165) is 38.5 Å². The minimum absolute atomic E-state index is 0.202. The molecule has 1 aliphatic heterocycles. The minimum atomic E-state index is -4.62. The number of carbonyl (C=O) groups excluding carboxylic acids is 2. The van der Waals surface area contributed by atoms with Crippen molar-refractivity contribution in [1.29, 1.82) is 0 Å². The fraction of sp³-hybridized carbons (Fsp3) is 0.956. The number of esters is 2. The molecule has 1 fully saturated rings. The molecule has 344 valence electrons. The molecule has 1 saturated heterocycles. The molecule has 1 rings (SSSR count). The average molecular weight is 851 g/mol. The Balaban J connectivity index is 2.40. The van der Waals surface area contributed by atoms with E-state index in [0.29, 0.717) is 12.8 Å². The topological polar surface area (TPSA) is 186 Å². The van der Waals surface area contributed by atoms with Crippen LogP contribution in [0.2, 0.25) is 0 Å². The van der Waals surface area contributed by atoms with Crippen molar-refractivity contribution >= 4 is 22.1 Å². The number of hydrogen-bond acceptors (Lipinski definition) is 11. The lowest BCUT2D eigenvalue weighted by molar-refractivity contribution is -0.308. The van der Waals surface area contributed by atoms with Gasteiger partial charge in [-0.2, -0.15) is 8.42 Å². The van der Waals surface area contributed by atoms with Crippen LogP contribution >= 0.6 is 0 Å². The Morgan fingerprint density at radius 1 is 0.500 bits per heavy atom. The van der Waals surface area contributed by atoms with Crippen molar-refractivity contribution in [1.82, 2.24) is 0 Å². The highest BCUT2D eigenvalue weighted by Gasteiger charge is 2.46. The van der Waals surface area contributed by atoms with Gasteiger partial charge in [-0.25, -0.2) is 0 Å². The number of hydrogen-bond donors (Lipinski definition) is 4. The van der Waals surface area contributed by atoms with E-state index in [-0.39, 0.29) is 26.1 Å². The van der Waals surface area contributed by atoms with Crippen LogP contribution in [-0.2, 0) is 38.7 Å². The zero-order chi connectivity index (χ0) is 42.7. The van der Waals surface area contributed by atoms with Gasteiger partial charge in [0.15, 0.2) is 6.29 Å². The molecule has 0 spiro atoms. The molecule has 0 aromatic heterocycles. The van der Waals surface area contributed by atoms with E-state index in [2.05, 4.69) is 13.8 Å². The van der Waals surface area contributed by atoms with E-state index >= 15 is 0 Å². The molecule has 0 bridgehead atoms. The molecule has 5 atom stereocenters. The standard InChI is InChI=1S/C45H86O12S/c1-3-5-7-9-11-13-15-17-19-21-23-25-27-29-31-33-40(46)54-35-38(56-45-44(50)43(49)42(48)39(57-45)37-58(51,52)53)36-55-41(47)34-32-30-28-26-24-22-20-18-16-14-12-10-8-6-4-2/h38-39,42-45,48-50H,3-37H2,1-2H3,(H,51,52,53)/t39-,42-,43+,44-,45-/m1/s1. The van der Waals surface area contributed by atoms with E-state index < -0.39 is 64.6 Å². The Hall–Kier alpha value is -1.35. The lowest BCUT2D eigenvalue weighted by Gasteiger charge is -2.40. The zero-order valence-corrected chi connectivity index (χ0v) is 37.5. The minimum Gasteiger partial charge on any atom is -0.463 e. The maximum Gasteiger partial charge on any atom is 0.305 e. The molecule has 1 aliphatic rings. The van der Waals surface area contributed by atoms with Crippen LogP contribution in [0.1, 0.15) is 219 Å². The lowest BCUT2D eigenvalue weighted by atomic mass is 10.00. The first-order chi connectivity index (χ1) is 28.0. The summed E-state index contributed by atoms with van der Waals surface area (Å²) in [7, 11) is -4.62. The summed E-state index contributed by atoms with van der Waals surface area (Å²) in [6.07, 6.45) is 26.9. The van der Waals surface area contributed by atoms with Gasteiger partial charge in [-0.05, 0) is 12.8 Å². The Morgan fingerprint density at radius 3 is 1.12 bits per heavy atom. The van der Waals surface area contributed by atoms with Crippen LogP contribution in [0.15, 0.2) is 0 Å². The SMILES string of the molecule is CCCCCCCCCCCCCCCCCC(=O)OCC(COC(=O)CCCCCCCCCCCCCCCCC)O[C@@H]1O[C@H](CS(=O)(=O)O)[C@@H](O)[C@H](O)[C@H]1O. The van der Waals surface area contributed by atoms with Gasteiger partial charge in [-0.15, -0.1) is 0 Å². The summed E-state index contributed by atoms with van der Waals surface area (Å²) in [5.74, 6) is -1.97. The van der Waals surface area contributed by atoms with Crippen LogP contribution in [0, 0.1) is 0 Å². The number of unbranched alkanes of at least 4 members (excludes halogenated alkanes) is 28. The smallest absolute Gasteiger partial charge is 0.305 e. The largest absolute Gasteiger partial charge is 0.463 e. The van der Waals surface area contributed by atoms with Crippen molar-refractivity contribution in [3.8, 4) is 0 Å². The van der Waals surface area contributed by atoms with Gasteiger partial charge in [0.1, 0.15) is 49.5 Å². The van der Waals surface area contributed by atoms with E-state index in [9.17, 15) is 37.9 Å². The highest BCUT2D eigenvalue weighted by molar-refractivity contribution is 7.85. The predicted octanol–water partition coefficient (Wildman–Crippen LogP) is 9.68. The van der Waals surface area contributed by atoms with E-state index in [4.69, 9.17) is 18.9 Å². The second kappa shape index (κ2) is 36.3. The van der Waals surface area contributed by atoms with E-state index in [1.54, 1.807) is 0 Å². The fourth-order valence-electron chi connectivity index (χ4n) is 7.49. The van der Waals surface area contributed by atoms with Crippen molar-refractivity contribution in [3.05, 3.63) is 0 Å². The Kier molecular flexibility index (Phi) is 34.2. The molecular formula is C45H86O12S. The van der Waals surface area contributed by atoms with Crippen LogP contribution in [0.25, 0.3) is 0 Å². The van der Waals surface area contributed by atoms with Gasteiger partial charge >= 0.3 is 11.9 Å². The molecular weight excluding hydrogens is 765 g/mol. The molecule has 4 N–H and O–H groups in total. The molecule has 0 saturated carbocycles. The summed E-state index contributed by atoms with van der Waals surface area (Å²) >= 11 is 0. The lowest BCUT2D eigenvalue weighted by Crippen LogP contribution is -2.60. The second-order valence-corrected chi connectivity index (χ2v) is 18.3. The molecule has 13 heteroatoms. The molecule has 0 radical (unpaired) electrons. The summed E-state index contributed by atoms with van der Waals surface area (Å²) in [4.78, 5) is 25.2. The maximum absolute atomic E-state index is 12.6. The maximum atomic E-state index is 12.6. The number of carbonyl (C=O) groups is 2. The molecule has 0 aromatic rings. The molecule has 0 unspecified atom stereocenters. The molecule has 58 heavy (non-hydrogen) atoms. The van der Waals surface area contributed by atoms with Crippen LogP contribution in [-0.4, -0.2) is 96.0 Å². The number of rotatable bonds is 40. The van der Waals surface area contributed by atoms with Crippen molar-refractivity contribution < 1.29 is 56.8 Å². The van der Waals surface area contributed by atoms with Gasteiger partial charge in [-0.3, -0.25) is 14.1 Å². The van der Waals surface area contributed by atoms with Crippen LogP contribution < -0.4 is 0 Å². The molecule has 1 heterocycles. The number of aliphatic hydroxyl groups excluding tert-OH is 3. The summed E-state index contributed by atoms with van der Waals surface area (Å²) in [6.45, 7) is 3.79. The summed E-state index contributed by atoms with van der Waals surface area (Å²) < 4.78 is 54.3. The quantitative estimate of drug-likeness (QED) is 0.0260. The van der Waals surface area contributed by atoms with E-state index in [1.807, 2.05) is 0 Å². The van der Waals surface area contributed by atoms with E-state index in [1.165, 1.54) is 141 Å². The first kappa shape index (κ1) is 54.7. The monoisotopic (exact) mass is 851 g/mol. The van der Waals surface area contributed by atoms with Crippen LogP contribution in [0.4, 0.5) is 0 Å². The summed E-state index contributed by atoms with van der Waals surface area (Å²) in [6, 6.07) is 0. The highest BCUT2D eigenvalue weighted by atomic mass is 32.2. The van der Waals surface area contributed by atoms with Gasteiger partial charge in [0, 0.05) is 12.8 Å². The first-order valence-electron chi connectivity index (χ1n) is 23.6. The van der Waals surface area contributed by atoms with Gasteiger partial charge in [0.2, 0.25) is 0 Å². The van der Waals surface area contributed by atoms with Gasteiger partial charge < -0.3 is 34.3 Å². The Morgan fingerprint density at radius 2 is 0.810 bits per heavy atom. The van der Waals surface area contributed by atoms with Crippen molar-refractivity contribution in [2.75, 3.05) is 19.0 Å². The van der Waals surface area contributed by atoms with Gasteiger partial charge in [-0.1, -0.05) is 194 Å². The fourth-order valence-corrected chi connectivity index (χ4v) is 8.18. The third-order valence-electron chi connectivity index (χ3n) is 11.2. The molecule has 12 nitrogen and oxygen atoms in total. The van der Waals surface area contributed by atoms with Gasteiger partial charge in [0.25, 0.3) is 10.1 Å². The Bertz CT molecular complexity index is 1040. The van der Waals surface area contributed by atoms with Crippen LogP contribution in [0.3, 0.4) is 0 Å². The predicted molar refractivity (Wildman–Crippen MR) is 229 cm³/mol. The van der Waals surface area contributed by atoms with Gasteiger partial charge in [0.05, 0.1) is 0 Å². The summed E-state index contributed by atoms with van der Waals surface area (Å²) in [5, 5.41) is 31.1.